The van der Waals surface area contributed by atoms with Gasteiger partial charge in [-0.2, -0.15) is 0 Å². The van der Waals surface area contributed by atoms with Gasteiger partial charge < -0.3 is 5.11 Å². The second-order valence-corrected chi connectivity index (χ2v) is 18.9. The van der Waals surface area contributed by atoms with E-state index in [1.54, 1.807) is 0 Å². The summed E-state index contributed by atoms with van der Waals surface area (Å²) in [6.07, 6.45) is -0.499. The highest BCUT2D eigenvalue weighted by atomic mass is 16.3. The molecule has 8 aromatic rings. The molecule has 8 rings (SSSR count). The second-order valence-electron chi connectivity index (χ2n) is 18.9. The van der Waals surface area contributed by atoms with E-state index in [0.717, 1.165) is 61.3 Å². The number of phenolic OH excluding ortho intramolecular Hbond substituents is 1. The molecule has 0 spiro atoms. The van der Waals surface area contributed by atoms with Gasteiger partial charge in [-0.05, 0) is 129 Å². The minimum absolute atomic E-state index is 0.0285. The number of para-hydroxylation sites is 1. The van der Waals surface area contributed by atoms with Crippen molar-refractivity contribution in [2.24, 2.45) is 0 Å². The predicted molar refractivity (Wildman–Crippen MR) is 253 cm³/mol. The third-order valence-electron chi connectivity index (χ3n) is 11.4. The van der Waals surface area contributed by atoms with E-state index in [0.29, 0.717) is 22.5 Å². The molecule has 0 fully saturated rings. The SMILES string of the molecule is [2H]c1nc(-c2cc(-c3cccc4c3nc(-c3cc(C(C)(C)C)cc(C(C)(C)C)c3O)n4-c3cc(C)c(C)c(-c4ccccc4)c3)cc(C(C)(C)C)c2)c([2H])c(-c2c([2H])c([2H])c([2H])c([2H])c2[2H])c1[2H]. The lowest BCUT2D eigenvalue weighted by Gasteiger charge is -2.27. The first kappa shape index (κ1) is 31.6. The van der Waals surface area contributed by atoms with Crippen LogP contribution < -0.4 is 0 Å². The summed E-state index contributed by atoms with van der Waals surface area (Å²) < 4.78 is 71.7. The van der Waals surface area contributed by atoms with Crippen molar-refractivity contribution in [2.45, 2.75) is 92.4 Å². The van der Waals surface area contributed by atoms with Gasteiger partial charge in [-0.25, -0.2) is 4.98 Å². The molecule has 4 heteroatoms. The van der Waals surface area contributed by atoms with Crippen LogP contribution in [-0.2, 0) is 16.2 Å². The summed E-state index contributed by atoms with van der Waals surface area (Å²) in [7, 11) is 0. The zero-order chi connectivity index (χ0) is 49.7. The minimum atomic E-state index is -0.598. The fraction of sp³-hybridized carbons (Fsp3) is 0.250. The average Bonchev–Trinajstić information content (AvgIpc) is 3.67. The molecule has 0 unspecified atom stereocenters. The average molecular weight is 796 g/mol. The van der Waals surface area contributed by atoms with Gasteiger partial charge >= 0.3 is 0 Å². The van der Waals surface area contributed by atoms with E-state index in [1.807, 2.05) is 48.5 Å². The molecule has 0 bridgehead atoms. The van der Waals surface area contributed by atoms with Gasteiger partial charge in [-0.3, -0.25) is 9.55 Å². The van der Waals surface area contributed by atoms with Crippen molar-refractivity contribution in [2.75, 3.05) is 0 Å². The van der Waals surface area contributed by atoms with Crippen LogP contribution >= 0.6 is 0 Å². The maximum absolute atomic E-state index is 12.5. The first-order chi connectivity index (χ1) is 31.7. The van der Waals surface area contributed by atoms with Crippen molar-refractivity contribution in [3.63, 3.8) is 0 Å². The highest BCUT2D eigenvalue weighted by molar-refractivity contribution is 5.97. The highest BCUT2D eigenvalue weighted by Crippen LogP contribution is 2.45. The van der Waals surface area contributed by atoms with Crippen LogP contribution in [0.2, 0.25) is 0 Å². The molecule has 4 nitrogen and oxygen atoms in total. The molecule has 0 saturated heterocycles. The molecule has 302 valence electrons. The van der Waals surface area contributed by atoms with E-state index in [1.165, 1.54) is 0 Å². The monoisotopic (exact) mass is 796 g/mol. The van der Waals surface area contributed by atoms with Gasteiger partial charge in [-0.1, -0.05) is 147 Å². The van der Waals surface area contributed by atoms with Crippen molar-refractivity contribution in [1.82, 2.24) is 14.5 Å². The van der Waals surface area contributed by atoms with Gasteiger partial charge in [0.25, 0.3) is 0 Å². The Bertz CT molecular complexity index is 3330. The second kappa shape index (κ2) is 15.1. The lowest BCUT2D eigenvalue weighted by molar-refractivity contribution is 0.446. The summed E-state index contributed by atoms with van der Waals surface area (Å²) in [5, 5.41) is 12.5. The lowest BCUT2D eigenvalue weighted by atomic mass is 9.79. The number of hydrogen-bond donors (Lipinski definition) is 1. The number of aromatic hydroxyl groups is 1. The van der Waals surface area contributed by atoms with E-state index in [4.69, 9.17) is 14.6 Å². The van der Waals surface area contributed by atoms with Crippen LogP contribution in [-0.4, -0.2) is 19.6 Å². The van der Waals surface area contributed by atoms with Crippen molar-refractivity contribution in [1.29, 1.82) is 0 Å². The fourth-order valence-electron chi connectivity index (χ4n) is 7.78. The van der Waals surface area contributed by atoms with Gasteiger partial charge in [0.05, 0.1) is 33.3 Å². The molecule has 2 heterocycles. The Labute approximate surface area is 367 Å². The first-order valence-electron chi connectivity index (χ1n) is 24.5. The van der Waals surface area contributed by atoms with Crippen molar-refractivity contribution < 1.29 is 16.1 Å². The van der Waals surface area contributed by atoms with Gasteiger partial charge in [0.15, 0.2) is 0 Å². The third-order valence-corrected chi connectivity index (χ3v) is 11.4. The van der Waals surface area contributed by atoms with E-state index in [2.05, 4.69) is 128 Å². The number of aromatic nitrogens is 3. The van der Waals surface area contributed by atoms with Crippen molar-refractivity contribution in [3.8, 4) is 67.5 Å². The Hall–Kier alpha value is -6.26. The summed E-state index contributed by atoms with van der Waals surface area (Å²) in [6.45, 7) is 23.2. The topological polar surface area (TPSA) is 50.9 Å². The number of hydrogen-bond acceptors (Lipinski definition) is 3. The summed E-state index contributed by atoms with van der Waals surface area (Å²) in [4.78, 5) is 10.0. The molecule has 0 saturated carbocycles. The molecule has 6 aromatic carbocycles. The smallest absolute Gasteiger partial charge is 0.149 e. The number of aryl methyl sites for hydroxylation is 1. The molecule has 0 amide bonds. The number of nitrogens with zero attached hydrogens (tertiary/aromatic N) is 3. The standard InChI is InChI=1S/C56H57N3O/c1-35-27-44(34-46(36(35)2)38-21-16-13-17-22-38)59-50-24-18-23-45(51(50)58-53(59)47-32-43(55(6,7)8)33-48(52(47)60)56(9,10)11)40-28-41(30-42(29-40)54(3,4)5)49-31-39(25-26-57-49)37-19-14-12-15-20-37/h12-34,60H,1-11H3/i12D,14D,15D,19D,20D,25D,26D,31D. The quantitative estimate of drug-likeness (QED) is 0.182. The van der Waals surface area contributed by atoms with Crippen molar-refractivity contribution >= 4 is 11.0 Å². The number of phenols is 1. The van der Waals surface area contributed by atoms with E-state index in [-0.39, 0.29) is 34.0 Å². The normalized spacial score (nSPS) is 14.2. The maximum Gasteiger partial charge on any atom is 0.149 e. The maximum atomic E-state index is 12.5. The zero-order valence-electron chi connectivity index (χ0n) is 44.4. The Kier molecular flexibility index (Phi) is 7.95. The van der Waals surface area contributed by atoms with Crippen molar-refractivity contribution in [3.05, 3.63) is 167 Å². The largest absolute Gasteiger partial charge is 0.507 e. The van der Waals surface area contributed by atoms with Crippen LogP contribution in [0.5, 0.6) is 5.75 Å². The van der Waals surface area contributed by atoms with Gasteiger partial charge in [0.2, 0.25) is 0 Å². The highest BCUT2D eigenvalue weighted by Gasteiger charge is 2.29. The number of benzene rings is 6. The van der Waals surface area contributed by atoms with Crippen LogP contribution in [0.25, 0.3) is 72.7 Å². The van der Waals surface area contributed by atoms with Crippen LogP contribution in [0.1, 0.15) is 101 Å². The van der Waals surface area contributed by atoms with Gasteiger partial charge in [0, 0.05) is 28.6 Å². The Balaban J connectivity index is 1.47. The number of fused-ring (bicyclic) bond motifs is 1. The molecule has 60 heavy (non-hydrogen) atoms. The summed E-state index contributed by atoms with van der Waals surface area (Å²) in [6, 6.07) is 26.9. The lowest BCUT2D eigenvalue weighted by Crippen LogP contribution is -2.17. The number of imidazole rings is 1. The molecular weight excluding hydrogens is 731 g/mol. The third kappa shape index (κ3) is 7.68. The molecule has 0 radical (unpaired) electrons. The molecule has 1 N–H and O–H groups in total. The fourth-order valence-corrected chi connectivity index (χ4v) is 7.78. The summed E-state index contributed by atoms with van der Waals surface area (Å²) >= 11 is 0. The van der Waals surface area contributed by atoms with E-state index >= 15 is 0 Å². The van der Waals surface area contributed by atoms with Crippen LogP contribution in [0.15, 0.2) is 139 Å². The Morgan fingerprint density at radius 1 is 0.583 bits per heavy atom. The first-order valence-corrected chi connectivity index (χ1v) is 20.5. The molecule has 0 atom stereocenters. The van der Waals surface area contributed by atoms with Gasteiger partial charge in [-0.15, -0.1) is 0 Å². The number of rotatable bonds is 6. The van der Waals surface area contributed by atoms with Crippen LogP contribution in [0.4, 0.5) is 0 Å². The zero-order valence-corrected chi connectivity index (χ0v) is 36.4. The molecule has 2 aromatic heterocycles. The summed E-state index contributed by atoms with van der Waals surface area (Å²) in [5.41, 5.74) is 10.3. The molecule has 0 aliphatic heterocycles. The number of pyridine rings is 1. The Morgan fingerprint density at radius 3 is 1.95 bits per heavy atom. The molecule has 0 aliphatic carbocycles. The molecular formula is C56H57N3O. The Morgan fingerprint density at radius 2 is 1.27 bits per heavy atom. The summed E-state index contributed by atoms with van der Waals surface area (Å²) in [5.74, 6) is 0.708. The van der Waals surface area contributed by atoms with Crippen LogP contribution in [0.3, 0.4) is 0 Å². The predicted octanol–water partition coefficient (Wildman–Crippen LogP) is 15.0. The van der Waals surface area contributed by atoms with E-state index < -0.39 is 53.3 Å². The van der Waals surface area contributed by atoms with Crippen LogP contribution in [0, 0.1) is 13.8 Å². The van der Waals surface area contributed by atoms with E-state index in [9.17, 15) is 6.48 Å². The minimum Gasteiger partial charge on any atom is -0.507 e. The molecule has 0 aliphatic rings. The van der Waals surface area contributed by atoms with Gasteiger partial charge in [0.1, 0.15) is 11.6 Å².